The van der Waals surface area contributed by atoms with Crippen molar-refractivity contribution in [3.05, 3.63) is 29.3 Å². The zero-order chi connectivity index (χ0) is 21.1. The van der Waals surface area contributed by atoms with Crippen molar-refractivity contribution in [1.82, 2.24) is 4.90 Å². The maximum absolute atomic E-state index is 12.9. The van der Waals surface area contributed by atoms with Crippen LogP contribution in [0.1, 0.15) is 43.7 Å². The van der Waals surface area contributed by atoms with Crippen molar-refractivity contribution in [1.29, 1.82) is 0 Å². The summed E-state index contributed by atoms with van der Waals surface area (Å²) in [5, 5.41) is 6.89. The smallest absolute Gasteiger partial charge is 0.307 e. The van der Waals surface area contributed by atoms with Gasteiger partial charge in [0.05, 0.1) is 13.7 Å². The van der Waals surface area contributed by atoms with Gasteiger partial charge in [-0.1, -0.05) is 12.1 Å². The molecule has 1 aromatic carbocycles. The lowest BCUT2D eigenvalue weighted by Crippen LogP contribution is -2.53. The fourth-order valence-corrected chi connectivity index (χ4v) is 4.54. The molecule has 8 heteroatoms. The predicted octanol–water partition coefficient (Wildman–Crippen LogP) is 1.88. The van der Waals surface area contributed by atoms with E-state index in [1.807, 2.05) is 17.0 Å². The van der Waals surface area contributed by atoms with Crippen LogP contribution in [0.2, 0.25) is 0 Å². The average molecular weight is 405 g/mol. The molecule has 1 N–H and O–H groups in total. The van der Waals surface area contributed by atoms with Gasteiger partial charge in [0.15, 0.2) is 5.60 Å². The third-order valence-electron chi connectivity index (χ3n) is 5.99. The third kappa shape index (κ3) is 3.94. The largest absolute Gasteiger partial charge is 0.496 e. The predicted molar refractivity (Wildman–Crippen MR) is 103 cm³/mol. The third-order valence-corrected chi connectivity index (χ3v) is 5.99. The highest BCUT2D eigenvalue weighted by Crippen LogP contribution is 2.46. The van der Waals surface area contributed by atoms with Gasteiger partial charge < -0.3 is 24.2 Å². The minimum absolute atomic E-state index is 0.0886. The van der Waals surface area contributed by atoms with Gasteiger partial charge in [-0.15, -0.1) is 0 Å². The Morgan fingerprint density at radius 3 is 2.52 bits per heavy atom. The van der Waals surface area contributed by atoms with Gasteiger partial charge in [-0.3, -0.25) is 14.4 Å². The lowest BCUT2D eigenvalue weighted by Gasteiger charge is -2.46. The molecule has 1 amide bonds. The minimum Gasteiger partial charge on any atom is -0.496 e. The Hall–Kier alpha value is -2.61. The van der Waals surface area contributed by atoms with E-state index >= 15 is 0 Å². The highest BCUT2D eigenvalue weighted by Gasteiger charge is 2.49. The number of carbonyl (C=O) groups excluding carboxylic acids is 2. The number of hydrogen-bond acceptors (Lipinski definition) is 6. The summed E-state index contributed by atoms with van der Waals surface area (Å²) in [5.74, 6) is 0.483. The van der Waals surface area contributed by atoms with Crippen molar-refractivity contribution in [2.24, 2.45) is 0 Å². The minimum atomic E-state index is -1.01. The number of benzene rings is 1. The molecule has 8 nitrogen and oxygen atoms in total. The van der Waals surface area contributed by atoms with E-state index in [0.29, 0.717) is 32.5 Å². The van der Waals surface area contributed by atoms with Crippen molar-refractivity contribution >= 4 is 18.3 Å². The van der Waals surface area contributed by atoms with E-state index in [1.54, 1.807) is 14.0 Å². The van der Waals surface area contributed by atoms with E-state index in [1.165, 1.54) is 5.56 Å². The molecule has 1 unspecified atom stereocenters. The summed E-state index contributed by atoms with van der Waals surface area (Å²) in [7, 11) is 1.69. The second-order valence-corrected chi connectivity index (χ2v) is 7.69. The summed E-state index contributed by atoms with van der Waals surface area (Å²) in [6.45, 7) is 3.33. The SMILES string of the molecule is COc1cccc2c1C1(CCN(C(=O)C3(C)CCC(=O)O3)CC1)OCC2.O=CO. The number of piperidine rings is 1. The van der Waals surface area contributed by atoms with Crippen LogP contribution in [0.4, 0.5) is 0 Å². The first-order valence-electron chi connectivity index (χ1n) is 9.78. The highest BCUT2D eigenvalue weighted by atomic mass is 16.6. The summed E-state index contributed by atoms with van der Waals surface area (Å²) in [4.78, 5) is 34.5. The molecule has 3 aliphatic heterocycles. The quantitative estimate of drug-likeness (QED) is 0.592. The van der Waals surface area contributed by atoms with Crippen LogP contribution in [-0.4, -0.2) is 60.8 Å². The second kappa shape index (κ2) is 8.41. The number of likely N-dealkylation sites (tertiary alicyclic amines) is 1. The lowest BCUT2D eigenvalue weighted by molar-refractivity contribution is -0.167. The summed E-state index contributed by atoms with van der Waals surface area (Å²) in [5.41, 5.74) is 1.00. The molecule has 1 aromatic rings. The maximum atomic E-state index is 12.9. The molecule has 3 heterocycles. The van der Waals surface area contributed by atoms with Crippen LogP contribution in [0.5, 0.6) is 5.75 Å². The van der Waals surface area contributed by atoms with E-state index < -0.39 is 11.2 Å². The van der Waals surface area contributed by atoms with Crippen LogP contribution in [0, 0.1) is 0 Å². The fraction of sp³-hybridized carbons (Fsp3) is 0.571. The average Bonchev–Trinajstić information content (AvgIpc) is 3.08. The van der Waals surface area contributed by atoms with Gasteiger partial charge in [0.1, 0.15) is 11.4 Å². The Morgan fingerprint density at radius 2 is 1.93 bits per heavy atom. The zero-order valence-corrected chi connectivity index (χ0v) is 16.8. The number of rotatable bonds is 2. The van der Waals surface area contributed by atoms with Gasteiger partial charge in [0.2, 0.25) is 0 Å². The molecule has 1 atom stereocenters. The van der Waals surface area contributed by atoms with Gasteiger partial charge in [0.25, 0.3) is 12.4 Å². The normalized spacial score (nSPS) is 24.8. The second-order valence-electron chi connectivity index (χ2n) is 7.69. The molecule has 0 radical (unpaired) electrons. The maximum Gasteiger partial charge on any atom is 0.307 e. The van der Waals surface area contributed by atoms with Crippen LogP contribution in [-0.2, 0) is 35.9 Å². The topological polar surface area (TPSA) is 102 Å². The van der Waals surface area contributed by atoms with E-state index in [9.17, 15) is 9.59 Å². The highest BCUT2D eigenvalue weighted by molar-refractivity contribution is 5.90. The monoisotopic (exact) mass is 405 g/mol. The van der Waals surface area contributed by atoms with Crippen LogP contribution in [0.3, 0.4) is 0 Å². The molecule has 158 valence electrons. The number of carboxylic acid groups (broad SMARTS) is 1. The van der Waals surface area contributed by atoms with Crippen LogP contribution in [0.25, 0.3) is 0 Å². The standard InChI is InChI=1S/C20H25NO5.CH2O2/c1-19(8-6-16(22)26-19)18(23)21-11-9-20(10-12-21)17-14(7-13-25-20)4-3-5-15(17)24-2;2-1-3/h3-5H,6-13H2,1-2H3;1H,(H,2,3). The number of esters is 1. The van der Waals surface area contributed by atoms with Crippen LogP contribution in [0.15, 0.2) is 18.2 Å². The first kappa shape index (κ1) is 21.1. The fourth-order valence-electron chi connectivity index (χ4n) is 4.54. The Labute approximate surface area is 169 Å². The van der Waals surface area contributed by atoms with Crippen molar-refractivity contribution in [2.45, 2.75) is 50.2 Å². The van der Waals surface area contributed by atoms with Crippen molar-refractivity contribution in [3.8, 4) is 5.75 Å². The van der Waals surface area contributed by atoms with Crippen LogP contribution >= 0.6 is 0 Å². The molecule has 0 bridgehead atoms. The first-order chi connectivity index (χ1) is 13.9. The summed E-state index contributed by atoms with van der Waals surface area (Å²) in [6.07, 6.45) is 3.09. The number of nitrogens with zero attached hydrogens (tertiary/aromatic N) is 1. The van der Waals surface area contributed by atoms with E-state index in [0.717, 1.165) is 30.6 Å². The molecule has 0 aliphatic carbocycles. The molecule has 0 aromatic heterocycles. The van der Waals surface area contributed by atoms with Gasteiger partial charge in [0, 0.05) is 31.5 Å². The number of amides is 1. The zero-order valence-electron chi connectivity index (χ0n) is 16.8. The molecular weight excluding hydrogens is 378 g/mol. The molecule has 3 aliphatic rings. The number of methoxy groups -OCH3 is 1. The molecule has 0 saturated carbocycles. The number of fused-ring (bicyclic) bond motifs is 2. The van der Waals surface area contributed by atoms with Crippen molar-refractivity contribution in [3.63, 3.8) is 0 Å². The molecule has 1 spiro atoms. The van der Waals surface area contributed by atoms with E-state index in [-0.39, 0.29) is 18.3 Å². The Balaban J connectivity index is 0.000000755. The summed E-state index contributed by atoms with van der Waals surface area (Å²) in [6, 6.07) is 6.13. The van der Waals surface area contributed by atoms with Gasteiger partial charge in [-0.05, 0) is 37.8 Å². The Kier molecular flexibility index (Phi) is 6.12. The lowest BCUT2D eigenvalue weighted by atomic mass is 9.78. The molecule has 2 saturated heterocycles. The van der Waals surface area contributed by atoms with Gasteiger partial charge in [-0.2, -0.15) is 0 Å². The van der Waals surface area contributed by atoms with Gasteiger partial charge >= 0.3 is 5.97 Å². The molecule has 29 heavy (non-hydrogen) atoms. The van der Waals surface area contributed by atoms with Gasteiger partial charge in [-0.25, -0.2) is 0 Å². The van der Waals surface area contributed by atoms with E-state index in [2.05, 4.69) is 6.07 Å². The molecule has 4 rings (SSSR count). The number of ether oxygens (including phenoxy) is 3. The van der Waals surface area contributed by atoms with Crippen molar-refractivity contribution < 1.29 is 33.7 Å². The number of hydrogen-bond donors (Lipinski definition) is 1. The first-order valence-corrected chi connectivity index (χ1v) is 9.78. The van der Waals surface area contributed by atoms with E-state index in [4.69, 9.17) is 24.1 Å². The Bertz CT molecular complexity index is 771. The molecule has 2 fully saturated rings. The number of carbonyl (C=O) groups is 3. The van der Waals surface area contributed by atoms with Crippen LogP contribution < -0.4 is 4.74 Å². The molecular formula is C21H27NO7. The summed E-state index contributed by atoms with van der Waals surface area (Å²) < 4.78 is 17.2. The number of cyclic esters (lactones) is 1. The van der Waals surface area contributed by atoms with Crippen molar-refractivity contribution in [2.75, 3.05) is 26.8 Å². The Morgan fingerprint density at radius 1 is 1.24 bits per heavy atom. The summed E-state index contributed by atoms with van der Waals surface area (Å²) >= 11 is 0.